The van der Waals surface area contributed by atoms with E-state index in [0.717, 1.165) is 0 Å². The van der Waals surface area contributed by atoms with E-state index in [1.165, 1.54) is 4.90 Å². The van der Waals surface area contributed by atoms with Crippen molar-refractivity contribution in [1.29, 1.82) is 21.6 Å². The van der Waals surface area contributed by atoms with Gasteiger partial charge in [0.2, 0.25) is 0 Å². The molecule has 0 radical (unpaired) electrons. The van der Waals surface area contributed by atoms with E-state index in [1.54, 1.807) is 14.1 Å². The Labute approximate surface area is 105 Å². The van der Waals surface area contributed by atoms with Crippen LogP contribution in [0.3, 0.4) is 0 Å². The predicted octanol–water partition coefficient (Wildman–Crippen LogP) is -2.25. The van der Waals surface area contributed by atoms with Crippen molar-refractivity contribution in [3.8, 4) is 0 Å². The van der Waals surface area contributed by atoms with Crippen LogP contribution in [0, 0.1) is 21.6 Å². The van der Waals surface area contributed by atoms with Crippen LogP contribution in [0.15, 0.2) is 0 Å². The first-order valence-electron chi connectivity index (χ1n) is 3.98. The molecular weight excluding hydrogens is 248 g/mol. The van der Waals surface area contributed by atoms with Crippen LogP contribution in [-0.4, -0.2) is 42.8 Å². The Morgan fingerprint density at radius 1 is 0.824 bits per heavy atom. The summed E-state index contributed by atoms with van der Waals surface area (Å²) in [5, 5.41) is 31.1. The van der Waals surface area contributed by atoms with Crippen LogP contribution in [0.5, 0.6) is 0 Å². The Balaban J connectivity index is -0.000000224. The summed E-state index contributed by atoms with van der Waals surface area (Å²) >= 11 is 0. The number of nitrogens with two attached hydrogens (primary N) is 3. The highest BCUT2D eigenvalue weighted by atomic mass is 35.5. The van der Waals surface area contributed by atoms with E-state index in [4.69, 9.17) is 38.8 Å². The average molecular weight is 267 g/mol. The van der Waals surface area contributed by atoms with Gasteiger partial charge in [0.25, 0.3) is 0 Å². The van der Waals surface area contributed by atoms with Crippen LogP contribution in [-0.2, 0) is 0 Å². The van der Waals surface area contributed by atoms with Gasteiger partial charge in [-0.25, -0.2) is 0 Å². The van der Waals surface area contributed by atoms with E-state index in [9.17, 15) is 0 Å². The molecule has 11 heteroatoms. The van der Waals surface area contributed by atoms with Gasteiger partial charge in [-0.2, -0.15) is 0 Å². The first kappa shape index (κ1) is 20.2. The van der Waals surface area contributed by atoms with Crippen LogP contribution in [0.1, 0.15) is 0 Å². The van der Waals surface area contributed by atoms with E-state index in [0.29, 0.717) is 0 Å². The molecule has 0 spiro atoms. The number of hydrogen-bond acceptors (Lipinski definition) is 4. The number of guanidine groups is 4. The second-order valence-electron chi connectivity index (χ2n) is 2.73. The molecule has 0 heterocycles. The van der Waals surface area contributed by atoms with E-state index < -0.39 is 0 Å². The quantitative estimate of drug-likeness (QED) is 0.175. The van der Waals surface area contributed by atoms with Gasteiger partial charge in [0.1, 0.15) is 0 Å². The van der Waals surface area contributed by atoms with Gasteiger partial charge >= 0.3 is 0 Å². The maximum atomic E-state index is 7.07. The molecule has 100 valence electrons. The largest absolute Gasteiger partial charge is 0.370 e. The second-order valence-corrected chi connectivity index (χ2v) is 2.73. The van der Waals surface area contributed by atoms with Gasteiger partial charge in [0.05, 0.1) is 0 Å². The van der Waals surface area contributed by atoms with Crippen LogP contribution >= 0.6 is 12.4 Å². The Morgan fingerprint density at radius 3 is 1.18 bits per heavy atom. The minimum atomic E-state index is -0.312. The fourth-order valence-electron chi connectivity index (χ4n) is 0.384. The third kappa shape index (κ3) is 20.0. The second kappa shape index (κ2) is 10.3. The van der Waals surface area contributed by atoms with Crippen LogP contribution in [0.25, 0.3) is 0 Å². The smallest absolute Gasteiger partial charge is 0.197 e. The summed E-state index contributed by atoms with van der Waals surface area (Å²) in [6.07, 6.45) is 0. The summed E-state index contributed by atoms with van der Waals surface area (Å²) in [7, 11) is 3.39. The van der Waals surface area contributed by atoms with Gasteiger partial charge in [-0.1, -0.05) is 0 Å². The molecule has 0 fully saturated rings. The number of nitrogens with zero attached hydrogens (tertiary/aromatic N) is 1. The first-order chi connectivity index (χ1) is 7.16. The fourth-order valence-corrected chi connectivity index (χ4v) is 0.384. The highest BCUT2D eigenvalue weighted by molar-refractivity contribution is 5.94. The molecule has 0 unspecified atom stereocenters. The number of halogens is 1. The number of rotatable bonds is 0. The summed E-state index contributed by atoms with van der Waals surface area (Å²) in [5.74, 6) is -0.726. The summed E-state index contributed by atoms with van der Waals surface area (Å²) in [6.45, 7) is 0. The lowest BCUT2D eigenvalue weighted by molar-refractivity contribution is 0.599. The molecule has 17 heavy (non-hydrogen) atoms. The van der Waals surface area contributed by atoms with Crippen molar-refractivity contribution in [2.45, 2.75) is 0 Å². The summed E-state index contributed by atoms with van der Waals surface area (Å²) in [6, 6.07) is 0. The SMILES string of the molecule is CN(C)C(=N)NC(=N)N.Cl.N=C(N)NC(=N)N. The summed E-state index contributed by atoms with van der Waals surface area (Å²) in [5.41, 5.74) is 14.4. The van der Waals surface area contributed by atoms with Crippen molar-refractivity contribution in [2.24, 2.45) is 17.2 Å². The molecule has 0 amide bonds. The zero-order chi connectivity index (χ0) is 13.3. The van der Waals surface area contributed by atoms with Crippen LogP contribution in [0.4, 0.5) is 0 Å². The van der Waals surface area contributed by atoms with Gasteiger partial charge in [0.15, 0.2) is 23.8 Å². The Bertz CT molecular complexity index is 273. The van der Waals surface area contributed by atoms with E-state index >= 15 is 0 Å². The molecular formula is C6H19ClN10. The van der Waals surface area contributed by atoms with Crippen molar-refractivity contribution >= 4 is 36.2 Å². The Kier molecular flexibility index (Phi) is 12.2. The van der Waals surface area contributed by atoms with Gasteiger partial charge in [-0.15, -0.1) is 12.4 Å². The van der Waals surface area contributed by atoms with Gasteiger partial charge < -0.3 is 22.1 Å². The van der Waals surface area contributed by atoms with Gasteiger partial charge in [-0.05, 0) is 0 Å². The van der Waals surface area contributed by atoms with Crippen molar-refractivity contribution in [3.05, 3.63) is 0 Å². The lowest BCUT2D eigenvalue weighted by atomic mass is 10.8. The minimum absolute atomic E-state index is 0. The van der Waals surface area contributed by atoms with Crippen LogP contribution in [0.2, 0.25) is 0 Å². The maximum absolute atomic E-state index is 7.07. The highest BCUT2D eigenvalue weighted by Crippen LogP contribution is 1.70. The third-order valence-electron chi connectivity index (χ3n) is 0.970. The van der Waals surface area contributed by atoms with E-state index in [1.807, 2.05) is 5.32 Å². The van der Waals surface area contributed by atoms with E-state index in [-0.39, 0.29) is 36.2 Å². The molecule has 0 aliphatic heterocycles. The minimum Gasteiger partial charge on any atom is -0.370 e. The standard InChI is InChI=1S/C4H11N5.C2H7N5.ClH/c1-9(2)4(7)8-3(5)6;3-1(4)7-2(5)6;/h1-2H3,(H5,5,6,7,8);(H7,3,4,5,6,7);1H. The zero-order valence-electron chi connectivity index (χ0n) is 9.59. The maximum Gasteiger partial charge on any atom is 0.197 e. The molecule has 0 aromatic heterocycles. The third-order valence-corrected chi connectivity index (χ3v) is 0.970. The summed E-state index contributed by atoms with van der Waals surface area (Å²) < 4.78 is 0. The summed E-state index contributed by atoms with van der Waals surface area (Å²) in [4.78, 5) is 1.52. The fraction of sp³-hybridized carbons (Fsp3) is 0.333. The molecule has 0 saturated heterocycles. The molecule has 0 aromatic rings. The topological polar surface area (TPSA) is 201 Å². The molecule has 0 aromatic carbocycles. The lowest BCUT2D eigenvalue weighted by Crippen LogP contribution is -2.42. The molecule has 0 saturated carbocycles. The highest BCUT2D eigenvalue weighted by Gasteiger charge is 1.96. The van der Waals surface area contributed by atoms with Gasteiger partial charge in [-0.3, -0.25) is 32.3 Å². The molecule has 12 N–H and O–H groups in total. The molecule has 0 aliphatic carbocycles. The lowest BCUT2D eigenvalue weighted by Gasteiger charge is -2.13. The average Bonchev–Trinajstić information content (AvgIpc) is 2.00. The molecule has 0 aliphatic rings. The van der Waals surface area contributed by atoms with Crippen LogP contribution < -0.4 is 27.8 Å². The van der Waals surface area contributed by atoms with Crippen molar-refractivity contribution < 1.29 is 0 Å². The van der Waals surface area contributed by atoms with E-state index in [2.05, 4.69) is 5.32 Å². The molecule has 0 rings (SSSR count). The van der Waals surface area contributed by atoms with Gasteiger partial charge in [0, 0.05) is 14.1 Å². The molecule has 10 nitrogen and oxygen atoms in total. The predicted molar refractivity (Wildman–Crippen MR) is 70.7 cm³/mol. The zero-order valence-corrected chi connectivity index (χ0v) is 10.4. The van der Waals surface area contributed by atoms with Crippen molar-refractivity contribution in [3.63, 3.8) is 0 Å². The van der Waals surface area contributed by atoms with Crippen molar-refractivity contribution in [2.75, 3.05) is 14.1 Å². The Morgan fingerprint density at radius 2 is 1.12 bits per heavy atom. The Hall–Kier alpha value is -2.23. The monoisotopic (exact) mass is 266 g/mol. The normalized spacial score (nSPS) is 7.41. The molecule has 0 bridgehead atoms. The number of nitrogens with one attached hydrogen (secondary N) is 6. The molecule has 0 atom stereocenters. The van der Waals surface area contributed by atoms with Crippen molar-refractivity contribution in [1.82, 2.24) is 15.5 Å². The first-order valence-corrected chi connectivity index (χ1v) is 3.98. The number of hydrogen-bond donors (Lipinski definition) is 9.